The smallest absolute Gasteiger partial charge is 0.246 e. The molecule has 0 bridgehead atoms. The van der Waals surface area contributed by atoms with Crippen molar-refractivity contribution in [2.24, 2.45) is 0 Å². The second kappa shape index (κ2) is 11.4. The SMILES string of the molecule is COc1ccc(C(O)Nc2ccc(F)c(Cl)c2)cc1S(=O)(=O)N1CCOCC(OCCO)C1. The van der Waals surface area contributed by atoms with Gasteiger partial charge in [-0.05, 0) is 30.3 Å². The maximum atomic E-state index is 13.5. The van der Waals surface area contributed by atoms with Gasteiger partial charge < -0.3 is 29.7 Å². The molecule has 3 rings (SSSR count). The standard InChI is InChI=1S/C21H26ClFN2O7S/c1-30-19-5-2-14(21(27)24-15-3-4-18(23)17(22)11-15)10-20(19)33(28,29)25-6-8-31-13-16(12-25)32-9-7-26/h2-5,10-11,16,21,24,26-27H,6-9,12-13H2,1H3. The molecule has 3 N–H and O–H groups in total. The molecule has 182 valence electrons. The van der Waals surface area contributed by atoms with Gasteiger partial charge in [-0.25, -0.2) is 12.8 Å². The number of halogens is 2. The average Bonchev–Trinajstić information content (AvgIpc) is 3.06. The van der Waals surface area contributed by atoms with Gasteiger partial charge in [-0.15, -0.1) is 0 Å². The Bertz CT molecular complexity index is 1060. The number of benzene rings is 2. The van der Waals surface area contributed by atoms with Crippen molar-refractivity contribution in [3.05, 3.63) is 52.8 Å². The molecule has 1 aliphatic rings. The highest BCUT2D eigenvalue weighted by Crippen LogP contribution is 2.31. The van der Waals surface area contributed by atoms with Crippen molar-refractivity contribution in [1.29, 1.82) is 0 Å². The molecular weight excluding hydrogens is 479 g/mol. The Kier molecular flexibility index (Phi) is 8.88. The van der Waals surface area contributed by atoms with Gasteiger partial charge in [-0.3, -0.25) is 0 Å². The van der Waals surface area contributed by atoms with E-state index in [0.717, 1.165) is 6.07 Å². The quantitative estimate of drug-likeness (QED) is 0.444. The predicted octanol–water partition coefficient (Wildman–Crippen LogP) is 1.99. The Labute approximate surface area is 196 Å². The first-order chi connectivity index (χ1) is 15.8. The van der Waals surface area contributed by atoms with Crippen LogP contribution in [0.4, 0.5) is 10.1 Å². The van der Waals surface area contributed by atoms with Crippen LogP contribution in [0.2, 0.25) is 5.02 Å². The third-order valence-corrected chi connectivity index (χ3v) is 7.16. The van der Waals surface area contributed by atoms with Gasteiger partial charge in [0.1, 0.15) is 16.5 Å². The Morgan fingerprint density at radius 2 is 2.12 bits per heavy atom. The van der Waals surface area contributed by atoms with Crippen LogP contribution in [0.1, 0.15) is 11.8 Å². The number of anilines is 1. The second-order valence-corrected chi connectivity index (χ2v) is 9.55. The maximum absolute atomic E-state index is 13.5. The first-order valence-corrected chi connectivity index (χ1v) is 12.0. The summed E-state index contributed by atoms with van der Waals surface area (Å²) in [5.74, 6) is -0.494. The van der Waals surface area contributed by atoms with Crippen LogP contribution in [-0.4, -0.2) is 75.7 Å². The van der Waals surface area contributed by atoms with Crippen LogP contribution in [0.3, 0.4) is 0 Å². The molecule has 12 heteroatoms. The van der Waals surface area contributed by atoms with Crippen LogP contribution in [0.5, 0.6) is 5.75 Å². The van der Waals surface area contributed by atoms with Gasteiger partial charge in [-0.1, -0.05) is 17.7 Å². The summed E-state index contributed by atoms with van der Waals surface area (Å²) >= 11 is 5.78. The zero-order valence-electron chi connectivity index (χ0n) is 17.9. The van der Waals surface area contributed by atoms with Crippen molar-refractivity contribution in [3.8, 4) is 5.75 Å². The van der Waals surface area contributed by atoms with Crippen LogP contribution in [0, 0.1) is 5.82 Å². The summed E-state index contributed by atoms with van der Waals surface area (Å²) < 4.78 is 57.8. The summed E-state index contributed by atoms with van der Waals surface area (Å²) in [5.41, 5.74) is 0.594. The number of aliphatic hydroxyl groups excluding tert-OH is 2. The number of nitrogens with one attached hydrogen (secondary N) is 1. The van der Waals surface area contributed by atoms with E-state index < -0.39 is 28.2 Å². The normalized spacial score (nSPS) is 18.5. The van der Waals surface area contributed by atoms with Gasteiger partial charge in [0.2, 0.25) is 10.0 Å². The van der Waals surface area contributed by atoms with Gasteiger partial charge in [-0.2, -0.15) is 4.31 Å². The number of rotatable bonds is 9. The van der Waals surface area contributed by atoms with Crippen molar-refractivity contribution in [2.45, 2.75) is 17.2 Å². The van der Waals surface area contributed by atoms with E-state index in [0.29, 0.717) is 5.69 Å². The minimum atomic E-state index is -4.05. The van der Waals surface area contributed by atoms with Gasteiger partial charge in [0.15, 0.2) is 6.23 Å². The molecule has 1 aliphatic heterocycles. The monoisotopic (exact) mass is 504 g/mol. The van der Waals surface area contributed by atoms with Crippen molar-refractivity contribution >= 4 is 27.3 Å². The van der Waals surface area contributed by atoms with E-state index in [1.165, 1.54) is 41.7 Å². The zero-order chi connectivity index (χ0) is 24.0. The topological polar surface area (TPSA) is 118 Å². The highest BCUT2D eigenvalue weighted by molar-refractivity contribution is 7.89. The Balaban J connectivity index is 1.87. The van der Waals surface area contributed by atoms with Crippen LogP contribution in [-0.2, 0) is 19.5 Å². The van der Waals surface area contributed by atoms with E-state index in [2.05, 4.69) is 5.32 Å². The zero-order valence-corrected chi connectivity index (χ0v) is 19.5. The molecule has 1 saturated heterocycles. The van der Waals surface area contributed by atoms with Crippen molar-refractivity contribution in [3.63, 3.8) is 0 Å². The fourth-order valence-corrected chi connectivity index (χ4v) is 5.15. The van der Waals surface area contributed by atoms with E-state index in [-0.39, 0.29) is 60.7 Å². The number of hydrogen-bond acceptors (Lipinski definition) is 8. The number of hydrogen-bond donors (Lipinski definition) is 3. The average molecular weight is 505 g/mol. The fourth-order valence-electron chi connectivity index (χ4n) is 3.32. The fraction of sp³-hybridized carbons (Fsp3) is 0.429. The second-order valence-electron chi connectivity index (χ2n) is 7.24. The number of ether oxygens (including phenoxy) is 3. The number of nitrogens with zero attached hydrogens (tertiary/aromatic N) is 1. The summed E-state index contributed by atoms with van der Waals surface area (Å²) in [6.45, 7) is 0.380. The highest BCUT2D eigenvalue weighted by atomic mass is 35.5. The van der Waals surface area contributed by atoms with E-state index >= 15 is 0 Å². The van der Waals surface area contributed by atoms with Gasteiger partial charge in [0.05, 0.1) is 44.7 Å². The predicted molar refractivity (Wildman–Crippen MR) is 119 cm³/mol. The van der Waals surface area contributed by atoms with Gasteiger partial charge >= 0.3 is 0 Å². The lowest BCUT2D eigenvalue weighted by Gasteiger charge is -2.25. The van der Waals surface area contributed by atoms with Gasteiger partial charge in [0.25, 0.3) is 0 Å². The minimum absolute atomic E-state index is 0.0323. The molecule has 1 heterocycles. The van der Waals surface area contributed by atoms with E-state index in [9.17, 15) is 17.9 Å². The number of methoxy groups -OCH3 is 1. The molecule has 0 amide bonds. The molecule has 33 heavy (non-hydrogen) atoms. The highest BCUT2D eigenvalue weighted by Gasteiger charge is 2.32. The Hall–Kier alpha value is -1.99. The summed E-state index contributed by atoms with van der Waals surface area (Å²) in [6, 6.07) is 8.13. The molecule has 2 aromatic carbocycles. The minimum Gasteiger partial charge on any atom is -0.495 e. The molecule has 0 aromatic heterocycles. The molecule has 0 spiro atoms. The Morgan fingerprint density at radius 1 is 1.33 bits per heavy atom. The van der Waals surface area contributed by atoms with Crippen LogP contribution in [0.15, 0.2) is 41.3 Å². The summed E-state index contributed by atoms with van der Waals surface area (Å²) in [5, 5.41) is 22.2. The molecule has 1 fully saturated rings. The van der Waals surface area contributed by atoms with Crippen molar-refractivity contribution in [2.75, 3.05) is 51.9 Å². The maximum Gasteiger partial charge on any atom is 0.246 e. The van der Waals surface area contributed by atoms with Gasteiger partial charge in [0, 0.05) is 24.3 Å². The molecule has 9 nitrogen and oxygen atoms in total. The molecule has 2 atom stereocenters. The summed E-state index contributed by atoms with van der Waals surface area (Å²) in [4.78, 5) is -0.136. The van der Waals surface area contributed by atoms with Crippen molar-refractivity contribution < 1.29 is 37.2 Å². The molecular formula is C21H26ClFN2O7S. The third-order valence-electron chi connectivity index (χ3n) is 4.99. The largest absolute Gasteiger partial charge is 0.495 e. The summed E-state index contributed by atoms with van der Waals surface area (Å²) in [6.07, 6.45) is -1.85. The van der Waals surface area contributed by atoms with E-state index in [1.807, 2.05) is 0 Å². The lowest BCUT2D eigenvalue weighted by atomic mass is 10.2. The number of sulfonamides is 1. The molecule has 2 unspecified atom stereocenters. The first kappa shape index (κ1) is 25.6. The van der Waals surface area contributed by atoms with E-state index in [1.54, 1.807) is 0 Å². The molecule has 2 aromatic rings. The first-order valence-electron chi connectivity index (χ1n) is 10.1. The van der Waals surface area contributed by atoms with E-state index in [4.69, 9.17) is 30.9 Å². The van der Waals surface area contributed by atoms with Crippen LogP contribution >= 0.6 is 11.6 Å². The van der Waals surface area contributed by atoms with Crippen LogP contribution < -0.4 is 10.1 Å². The Morgan fingerprint density at radius 3 is 2.82 bits per heavy atom. The third kappa shape index (κ3) is 6.33. The molecule has 0 radical (unpaired) electrons. The van der Waals surface area contributed by atoms with Crippen molar-refractivity contribution in [1.82, 2.24) is 4.31 Å². The lowest BCUT2D eigenvalue weighted by Crippen LogP contribution is -2.39. The van der Waals surface area contributed by atoms with Crippen LogP contribution in [0.25, 0.3) is 0 Å². The summed E-state index contributed by atoms with van der Waals surface area (Å²) in [7, 11) is -2.70. The lowest BCUT2D eigenvalue weighted by molar-refractivity contribution is -0.0157. The number of aliphatic hydroxyl groups is 2. The molecule has 0 saturated carbocycles. The molecule has 0 aliphatic carbocycles.